The Kier molecular flexibility index (Phi) is 3.52. The third-order valence-corrected chi connectivity index (χ3v) is 3.77. The van der Waals surface area contributed by atoms with Crippen LogP contribution in [-0.2, 0) is 10.3 Å². The van der Waals surface area contributed by atoms with Crippen molar-refractivity contribution in [3.8, 4) is 0 Å². The van der Waals surface area contributed by atoms with Gasteiger partial charge in [-0.2, -0.15) is 13.2 Å². The van der Waals surface area contributed by atoms with Crippen molar-refractivity contribution in [1.29, 1.82) is 0 Å². The normalized spacial score (nSPS) is 30.6. The smallest absolute Gasteiger partial charge is 0.425 e. The predicted molar refractivity (Wildman–Crippen MR) is 67.0 cm³/mol. The number of hydrogen-bond acceptors (Lipinski definition) is 2. The Labute approximate surface area is 114 Å². The Morgan fingerprint density at radius 3 is 2.40 bits per heavy atom. The van der Waals surface area contributed by atoms with Crippen molar-refractivity contribution in [1.82, 2.24) is 0 Å². The lowest BCUT2D eigenvalue weighted by Gasteiger charge is -2.42. The average Bonchev–Trinajstić information content (AvgIpc) is 2.33. The highest BCUT2D eigenvalue weighted by Gasteiger charge is 2.54. The number of hydrogen-bond donors (Lipinski definition) is 0. The molecule has 2 rings (SSSR count). The molecule has 0 saturated carbocycles. The first-order chi connectivity index (χ1) is 9.16. The minimum atomic E-state index is -4.52. The van der Waals surface area contributed by atoms with E-state index in [1.807, 2.05) is 0 Å². The molecule has 0 aromatic heterocycles. The summed E-state index contributed by atoms with van der Waals surface area (Å²) in [5, 5.41) is 0. The molecule has 2 nitrogen and oxygen atoms in total. The van der Waals surface area contributed by atoms with Crippen LogP contribution in [-0.4, -0.2) is 18.2 Å². The molecule has 0 N–H and O–H groups in total. The van der Waals surface area contributed by atoms with Gasteiger partial charge in [0.25, 0.3) is 0 Å². The van der Waals surface area contributed by atoms with Crippen LogP contribution in [0.2, 0.25) is 0 Å². The Morgan fingerprint density at radius 2 is 1.85 bits per heavy atom. The van der Waals surface area contributed by atoms with Crippen LogP contribution in [0.5, 0.6) is 0 Å². The summed E-state index contributed by atoms with van der Waals surface area (Å²) in [6.45, 7) is 4.23. The zero-order valence-corrected chi connectivity index (χ0v) is 11.3. The highest BCUT2D eigenvalue weighted by molar-refractivity contribution is 5.75. The fourth-order valence-corrected chi connectivity index (χ4v) is 2.56. The van der Waals surface area contributed by atoms with Crippen molar-refractivity contribution in [2.45, 2.75) is 38.6 Å². The molecule has 0 radical (unpaired) electrons. The SMILES string of the molecule is CC1=N[C@](C)(c2ccccc2F)[C@@H](C)[C@@H](C(F)(F)F)O1. The van der Waals surface area contributed by atoms with Crippen molar-refractivity contribution in [2.24, 2.45) is 10.9 Å². The van der Waals surface area contributed by atoms with E-state index in [0.29, 0.717) is 0 Å². The van der Waals surface area contributed by atoms with Crippen LogP contribution in [0.15, 0.2) is 29.3 Å². The van der Waals surface area contributed by atoms with Gasteiger partial charge in [0, 0.05) is 18.4 Å². The van der Waals surface area contributed by atoms with E-state index >= 15 is 0 Å². The largest absolute Gasteiger partial charge is 0.468 e. The molecule has 6 heteroatoms. The number of ether oxygens (including phenoxy) is 1. The van der Waals surface area contributed by atoms with Crippen LogP contribution < -0.4 is 0 Å². The van der Waals surface area contributed by atoms with Crippen molar-refractivity contribution >= 4 is 5.90 Å². The van der Waals surface area contributed by atoms with Gasteiger partial charge in [-0.25, -0.2) is 9.38 Å². The second-order valence-electron chi connectivity index (χ2n) is 5.13. The number of alkyl halides is 3. The van der Waals surface area contributed by atoms with Gasteiger partial charge in [0.2, 0.25) is 6.10 Å². The Bertz CT molecular complexity index is 540. The predicted octanol–water partition coefficient (Wildman–Crippen LogP) is 4.06. The molecule has 1 aromatic rings. The number of rotatable bonds is 1. The van der Waals surface area contributed by atoms with E-state index in [1.165, 1.54) is 39.0 Å². The summed E-state index contributed by atoms with van der Waals surface area (Å²) < 4.78 is 57.9. The van der Waals surface area contributed by atoms with Gasteiger partial charge in [-0.1, -0.05) is 25.1 Å². The lowest BCUT2D eigenvalue weighted by Crippen LogP contribution is -2.50. The van der Waals surface area contributed by atoms with Gasteiger partial charge in [-0.3, -0.25) is 0 Å². The van der Waals surface area contributed by atoms with Crippen LogP contribution >= 0.6 is 0 Å². The van der Waals surface area contributed by atoms with Gasteiger partial charge in [-0.15, -0.1) is 0 Å². The molecule has 3 atom stereocenters. The van der Waals surface area contributed by atoms with Crippen LogP contribution in [0.3, 0.4) is 0 Å². The van der Waals surface area contributed by atoms with Crippen LogP contribution in [0.25, 0.3) is 0 Å². The molecule has 0 saturated heterocycles. The fraction of sp³-hybridized carbons (Fsp3) is 0.500. The highest BCUT2D eigenvalue weighted by atomic mass is 19.4. The molecule has 1 aromatic carbocycles. The van der Waals surface area contributed by atoms with Gasteiger partial charge >= 0.3 is 6.18 Å². The van der Waals surface area contributed by atoms with Crippen LogP contribution in [0.1, 0.15) is 26.3 Å². The maximum absolute atomic E-state index is 14.0. The summed E-state index contributed by atoms with van der Waals surface area (Å²) in [5.41, 5.74) is -1.17. The van der Waals surface area contributed by atoms with Gasteiger partial charge in [0.05, 0.1) is 5.54 Å². The van der Waals surface area contributed by atoms with Crippen LogP contribution in [0, 0.1) is 11.7 Å². The van der Waals surface area contributed by atoms with E-state index in [2.05, 4.69) is 4.99 Å². The zero-order valence-electron chi connectivity index (χ0n) is 11.3. The maximum Gasteiger partial charge on any atom is 0.425 e. The minimum absolute atomic E-state index is 0.0869. The van der Waals surface area contributed by atoms with E-state index in [4.69, 9.17) is 4.74 Å². The first kappa shape index (κ1) is 14.8. The van der Waals surface area contributed by atoms with Crippen molar-refractivity contribution in [3.05, 3.63) is 35.6 Å². The minimum Gasteiger partial charge on any atom is -0.468 e. The van der Waals surface area contributed by atoms with Crippen LogP contribution in [0.4, 0.5) is 17.6 Å². The average molecular weight is 289 g/mol. The molecule has 0 spiro atoms. The molecule has 1 heterocycles. The van der Waals surface area contributed by atoms with E-state index in [-0.39, 0.29) is 11.5 Å². The lowest BCUT2D eigenvalue weighted by molar-refractivity contribution is -0.223. The Hall–Kier alpha value is -1.59. The molecular formula is C14H15F4NO. The zero-order chi connectivity index (χ0) is 15.1. The quantitative estimate of drug-likeness (QED) is 0.714. The molecule has 20 heavy (non-hydrogen) atoms. The van der Waals surface area contributed by atoms with Gasteiger partial charge in [-0.05, 0) is 13.0 Å². The Balaban J connectivity index is 2.54. The summed E-state index contributed by atoms with van der Waals surface area (Å²) >= 11 is 0. The summed E-state index contributed by atoms with van der Waals surface area (Å²) in [6.07, 6.45) is -6.52. The summed E-state index contributed by atoms with van der Waals surface area (Å²) in [5.74, 6) is -1.69. The molecule has 110 valence electrons. The van der Waals surface area contributed by atoms with Crippen molar-refractivity contribution in [3.63, 3.8) is 0 Å². The van der Waals surface area contributed by atoms with E-state index in [1.54, 1.807) is 6.07 Å². The first-order valence-electron chi connectivity index (χ1n) is 6.21. The molecule has 0 fully saturated rings. The Morgan fingerprint density at radius 1 is 1.25 bits per heavy atom. The van der Waals surface area contributed by atoms with Gasteiger partial charge in [0.1, 0.15) is 5.82 Å². The molecule has 1 aliphatic heterocycles. The summed E-state index contributed by atoms with van der Waals surface area (Å²) in [7, 11) is 0. The number of nitrogens with zero attached hydrogens (tertiary/aromatic N) is 1. The number of benzene rings is 1. The lowest BCUT2D eigenvalue weighted by atomic mass is 9.76. The van der Waals surface area contributed by atoms with E-state index in [9.17, 15) is 17.6 Å². The topological polar surface area (TPSA) is 21.6 Å². The van der Waals surface area contributed by atoms with E-state index in [0.717, 1.165) is 0 Å². The summed E-state index contributed by atoms with van der Waals surface area (Å²) in [6, 6.07) is 5.75. The fourth-order valence-electron chi connectivity index (χ4n) is 2.56. The molecule has 0 unspecified atom stereocenters. The third kappa shape index (κ3) is 2.39. The molecular weight excluding hydrogens is 274 g/mol. The molecule has 0 aliphatic carbocycles. The second kappa shape index (κ2) is 4.75. The van der Waals surface area contributed by atoms with Gasteiger partial charge in [0.15, 0.2) is 5.90 Å². The maximum atomic E-state index is 14.0. The van der Waals surface area contributed by atoms with Gasteiger partial charge < -0.3 is 4.74 Å². The van der Waals surface area contributed by atoms with E-state index < -0.39 is 29.6 Å². The standard InChI is InChI=1S/C14H15F4NO/c1-8-12(14(16,17)18)20-9(2)19-13(8,3)10-6-4-5-7-11(10)15/h4-8,12H,1-3H3/t8-,12-,13-/m0/s1. The monoisotopic (exact) mass is 289 g/mol. The molecule has 1 aliphatic rings. The summed E-state index contributed by atoms with van der Waals surface area (Å²) in [4.78, 5) is 4.14. The highest BCUT2D eigenvalue weighted by Crippen LogP contribution is 2.45. The third-order valence-electron chi connectivity index (χ3n) is 3.77. The molecule has 0 amide bonds. The number of aliphatic imine (C=N–C) groups is 1. The first-order valence-corrected chi connectivity index (χ1v) is 6.21. The second-order valence-corrected chi connectivity index (χ2v) is 5.13. The molecule has 0 bridgehead atoms. The van der Waals surface area contributed by atoms with Crippen molar-refractivity contribution in [2.75, 3.05) is 0 Å². The van der Waals surface area contributed by atoms with Crippen molar-refractivity contribution < 1.29 is 22.3 Å². The number of halogens is 4.